The Morgan fingerprint density at radius 1 is 0.862 bits per heavy atom. The number of esters is 1. The summed E-state index contributed by atoms with van der Waals surface area (Å²) in [5.41, 5.74) is 6.11. The highest BCUT2D eigenvalue weighted by atomic mass is 16.5. The van der Waals surface area contributed by atoms with Crippen LogP contribution in [-0.2, 0) is 16.1 Å². The smallest absolute Gasteiger partial charge is 0.408 e. The van der Waals surface area contributed by atoms with E-state index in [9.17, 15) is 14.7 Å². The molecule has 1 aliphatic carbocycles. The van der Waals surface area contributed by atoms with Gasteiger partial charge in [0.25, 0.3) is 0 Å². The zero-order chi connectivity index (χ0) is 20.0. The summed E-state index contributed by atoms with van der Waals surface area (Å²) in [5, 5.41) is 9.56. The Bertz CT molecular complexity index is 1080. The van der Waals surface area contributed by atoms with Gasteiger partial charge in [-0.25, -0.2) is 9.59 Å². The zero-order valence-electron chi connectivity index (χ0n) is 15.6. The van der Waals surface area contributed by atoms with Crippen LogP contribution >= 0.6 is 0 Å². The molecule has 0 saturated heterocycles. The average Bonchev–Trinajstić information content (AvgIpc) is 3.29. The van der Waals surface area contributed by atoms with Gasteiger partial charge in [-0.2, -0.15) is 0 Å². The van der Waals surface area contributed by atoms with Gasteiger partial charge in [0.1, 0.15) is 6.61 Å². The minimum Gasteiger partial charge on any atom is -0.465 e. The van der Waals surface area contributed by atoms with Crippen LogP contribution in [0.15, 0.2) is 72.8 Å². The molecule has 29 heavy (non-hydrogen) atoms. The van der Waals surface area contributed by atoms with Gasteiger partial charge in [0.05, 0.1) is 6.54 Å². The molecule has 0 saturated carbocycles. The molecule has 2 aliphatic rings. The summed E-state index contributed by atoms with van der Waals surface area (Å²) in [7, 11) is 0. The largest absolute Gasteiger partial charge is 0.465 e. The first-order chi connectivity index (χ1) is 14.1. The fourth-order valence-corrected chi connectivity index (χ4v) is 4.50. The molecule has 144 valence electrons. The normalized spacial score (nSPS) is 16.8. The first-order valence-corrected chi connectivity index (χ1v) is 9.57. The van der Waals surface area contributed by atoms with Crippen molar-refractivity contribution in [2.24, 2.45) is 0 Å². The molecule has 1 amide bonds. The van der Waals surface area contributed by atoms with E-state index in [1.54, 1.807) is 6.07 Å². The topological polar surface area (TPSA) is 66.8 Å². The molecule has 1 heterocycles. The maximum atomic E-state index is 13.0. The molecular formula is C24H19NO4. The van der Waals surface area contributed by atoms with Gasteiger partial charge in [-0.3, -0.25) is 4.90 Å². The van der Waals surface area contributed by atoms with Gasteiger partial charge in [-0.1, -0.05) is 72.8 Å². The van der Waals surface area contributed by atoms with E-state index in [4.69, 9.17) is 4.74 Å². The van der Waals surface area contributed by atoms with E-state index >= 15 is 0 Å². The first-order valence-electron chi connectivity index (χ1n) is 9.57. The van der Waals surface area contributed by atoms with Gasteiger partial charge in [0.2, 0.25) is 0 Å². The predicted molar refractivity (Wildman–Crippen MR) is 107 cm³/mol. The van der Waals surface area contributed by atoms with Gasteiger partial charge >= 0.3 is 12.1 Å². The number of carbonyl (C=O) groups is 2. The molecule has 0 radical (unpaired) electrons. The standard InChI is InChI=1S/C24H19NO4/c26-23(22-16-8-2-1-7-15(16)13-25(22)24(27)28)29-14-21-19-11-5-3-9-17(19)18-10-4-6-12-20(18)21/h1-12,21-22H,13-14H2,(H,27,28)/t22-/m0/s1. The van der Waals surface area contributed by atoms with Gasteiger partial charge in [0, 0.05) is 5.92 Å². The van der Waals surface area contributed by atoms with E-state index in [-0.39, 0.29) is 19.1 Å². The highest BCUT2D eigenvalue weighted by Crippen LogP contribution is 2.45. The van der Waals surface area contributed by atoms with E-state index in [2.05, 4.69) is 24.3 Å². The van der Waals surface area contributed by atoms with E-state index in [0.29, 0.717) is 5.56 Å². The average molecular weight is 385 g/mol. The van der Waals surface area contributed by atoms with Crippen LogP contribution in [0.2, 0.25) is 0 Å². The van der Waals surface area contributed by atoms with Gasteiger partial charge in [-0.15, -0.1) is 0 Å². The third-order valence-corrected chi connectivity index (χ3v) is 5.83. The van der Waals surface area contributed by atoms with Crippen molar-refractivity contribution >= 4 is 12.1 Å². The van der Waals surface area contributed by atoms with Crippen LogP contribution in [0.5, 0.6) is 0 Å². The molecular weight excluding hydrogens is 366 g/mol. The summed E-state index contributed by atoms with van der Waals surface area (Å²) in [6.07, 6.45) is -1.13. The summed E-state index contributed by atoms with van der Waals surface area (Å²) in [4.78, 5) is 25.8. The molecule has 5 heteroatoms. The summed E-state index contributed by atoms with van der Waals surface area (Å²) < 4.78 is 5.72. The van der Waals surface area contributed by atoms with Crippen LogP contribution < -0.4 is 0 Å². The number of fused-ring (bicyclic) bond motifs is 4. The number of carboxylic acid groups (broad SMARTS) is 1. The minimum absolute atomic E-state index is 0.0544. The van der Waals surface area contributed by atoms with Crippen molar-refractivity contribution in [3.8, 4) is 11.1 Å². The second-order valence-electron chi connectivity index (χ2n) is 7.37. The lowest BCUT2D eigenvalue weighted by molar-refractivity contribution is -0.149. The monoisotopic (exact) mass is 385 g/mol. The maximum Gasteiger partial charge on any atom is 0.408 e. The number of carbonyl (C=O) groups excluding carboxylic acids is 1. The van der Waals surface area contributed by atoms with Crippen LogP contribution in [-0.4, -0.2) is 28.7 Å². The highest BCUT2D eigenvalue weighted by Gasteiger charge is 2.40. The lowest BCUT2D eigenvalue weighted by atomic mass is 9.98. The van der Waals surface area contributed by atoms with E-state index < -0.39 is 18.1 Å². The van der Waals surface area contributed by atoms with Crippen LogP contribution in [0.4, 0.5) is 4.79 Å². The van der Waals surface area contributed by atoms with Crippen LogP contribution in [0.3, 0.4) is 0 Å². The molecule has 0 unspecified atom stereocenters. The molecule has 1 aliphatic heterocycles. The zero-order valence-corrected chi connectivity index (χ0v) is 15.6. The molecule has 3 aromatic rings. The lowest BCUT2D eigenvalue weighted by Crippen LogP contribution is -2.34. The number of rotatable bonds is 3. The van der Waals surface area contributed by atoms with E-state index in [1.807, 2.05) is 42.5 Å². The molecule has 0 bridgehead atoms. The van der Waals surface area contributed by atoms with Crippen molar-refractivity contribution in [1.29, 1.82) is 0 Å². The summed E-state index contributed by atoms with van der Waals surface area (Å²) in [6.45, 7) is 0.374. The molecule has 3 aromatic carbocycles. The molecule has 0 fully saturated rings. The SMILES string of the molecule is O=C(OCC1c2ccccc2-c2ccccc21)[C@@H]1c2ccccc2CN1C(=O)O. The fourth-order valence-electron chi connectivity index (χ4n) is 4.50. The van der Waals surface area contributed by atoms with Crippen molar-refractivity contribution in [3.63, 3.8) is 0 Å². The number of nitrogens with zero attached hydrogens (tertiary/aromatic N) is 1. The second kappa shape index (κ2) is 6.78. The van der Waals surface area contributed by atoms with Crippen LogP contribution in [0.25, 0.3) is 11.1 Å². The second-order valence-corrected chi connectivity index (χ2v) is 7.37. The number of hydrogen-bond donors (Lipinski definition) is 1. The number of amides is 1. The molecule has 5 rings (SSSR count). The van der Waals surface area contributed by atoms with Crippen molar-refractivity contribution in [2.45, 2.75) is 18.5 Å². The number of benzene rings is 3. The highest BCUT2D eigenvalue weighted by molar-refractivity contribution is 5.85. The lowest BCUT2D eigenvalue weighted by Gasteiger charge is -2.22. The van der Waals surface area contributed by atoms with E-state index in [0.717, 1.165) is 32.7 Å². The predicted octanol–water partition coefficient (Wildman–Crippen LogP) is 4.58. The molecule has 1 N–H and O–H groups in total. The van der Waals surface area contributed by atoms with Crippen LogP contribution in [0, 0.1) is 0 Å². The van der Waals surface area contributed by atoms with Crippen molar-refractivity contribution in [2.75, 3.05) is 6.61 Å². The molecule has 5 nitrogen and oxygen atoms in total. The Morgan fingerprint density at radius 3 is 2.03 bits per heavy atom. The summed E-state index contributed by atoms with van der Waals surface area (Å²) in [6, 6.07) is 22.6. The Labute approximate surface area is 168 Å². The molecule has 0 spiro atoms. The maximum absolute atomic E-state index is 13.0. The Kier molecular flexibility index (Phi) is 4.09. The third kappa shape index (κ3) is 2.78. The van der Waals surface area contributed by atoms with Crippen molar-refractivity contribution in [3.05, 3.63) is 95.1 Å². The first kappa shape index (κ1) is 17.5. The molecule has 0 aromatic heterocycles. The summed E-state index contributed by atoms with van der Waals surface area (Å²) >= 11 is 0. The van der Waals surface area contributed by atoms with Crippen LogP contribution in [0.1, 0.15) is 34.2 Å². The minimum atomic E-state index is -1.13. The quantitative estimate of drug-likeness (QED) is 0.671. The molecule has 1 atom stereocenters. The third-order valence-electron chi connectivity index (χ3n) is 5.83. The van der Waals surface area contributed by atoms with E-state index in [1.165, 1.54) is 0 Å². The number of hydrogen-bond acceptors (Lipinski definition) is 3. The number of ether oxygens (including phenoxy) is 1. The van der Waals surface area contributed by atoms with Crippen molar-refractivity contribution in [1.82, 2.24) is 4.90 Å². The Balaban J connectivity index is 1.42. The van der Waals surface area contributed by atoms with Gasteiger partial charge in [-0.05, 0) is 33.4 Å². The Morgan fingerprint density at radius 2 is 1.41 bits per heavy atom. The van der Waals surface area contributed by atoms with Crippen molar-refractivity contribution < 1.29 is 19.4 Å². The fraction of sp³-hybridized carbons (Fsp3) is 0.167. The Hall–Kier alpha value is -3.60. The van der Waals surface area contributed by atoms with Gasteiger partial charge < -0.3 is 9.84 Å². The van der Waals surface area contributed by atoms with Gasteiger partial charge in [0.15, 0.2) is 6.04 Å². The summed E-state index contributed by atoms with van der Waals surface area (Å²) in [5.74, 6) is -0.583.